The van der Waals surface area contributed by atoms with Crippen LogP contribution in [0.4, 0.5) is 0 Å². The molecule has 102 valence electrons. The molecule has 3 nitrogen and oxygen atoms in total. The van der Waals surface area contributed by atoms with E-state index in [2.05, 4.69) is 25.9 Å². The topological polar surface area (TPSA) is 45.8 Å². The Balaban J connectivity index is 2.29. The highest BCUT2D eigenvalue weighted by molar-refractivity contribution is 9.09. The maximum atomic E-state index is 12.4. The number of hydrogen-bond donors (Lipinski definition) is 1. The van der Waals surface area contributed by atoms with Crippen LogP contribution in [-0.4, -0.2) is 15.3 Å². The van der Waals surface area contributed by atoms with Crippen LogP contribution in [0.15, 0.2) is 35.1 Å². The van der Waals surface area contributed by atoms with Crippen LogP contribution in [0.25, 0.3) is 21.3 Å². The minimum absolute atomic E-state index is 0.0471. The molecule has 0 unspecified atom stereocenters. The van der Waals surface area contributed by atoms with Crippen molar-refractivity contribution in [3.05, 3.63) is 51.4 Å². The van der Waals surface area contributed by atoms with Crippen LogP contribution >= 0.6 is 27.3 Å². The van der Waals surface area contributed by atoms with Crippen molar-refractivity contribution in [1.82, 2.24) is 9.97 Å². The molecule has 1 N–H and O–H groups in total. The molecule has 0 atom stereocenters. The van der Waals surface area contributed by atoms with Crippen molar-refractivity contribution >= 4 is 37.5 Å². The molecule has 0 bridgehead atoms. The summed E-state index contributed by atoms with van der Waals surface area (Å²) in [7, 11) is 0. The molecule has 5 heteroatoms. The van der Waals surface area contributed by atoms with Crippen molar-refractivity contribution in [1.29, 1.82) is 0 Å². The normalized spacial score (nSPS) is 11.1. The van der Waals surface area contributed by atoms with Gasteiger partial charge in [0, 0.05) is 22.2 Å². The van der Waals surface area contributed by atoms with Gasteiger partial charge >= 0.3 is 0 Å². The highest BCUT2D eigenvalue weighted by Crippen LogP contribution is 2.35. The maximum absolute atomic E-state index is 12.4. The molecular formula is C15H13BrN2OS. The average Bonchev–Trinajstić information content (AvgIpc) is 2.77. The molecule has 0 saturated heterocycles. The molecular weight excluding hydrogens is 336 g/mol. The third-order valence-corrected chi connectivity index (χ3v) is 4.58. The van der Waals surface area contributed by atoms with E-state index < -0.39 is 0 Å². The Kier molecular flexibility index (Phi) is 3.72. The van der Waals surface area contributed by atoms with Gasteiger partial charge in [-0.2, -0.15) is 0 Å². The Bertz CT molecular complexity index is 808. The highest BCUT2D eigenvalue weighted by atomic mass is 79.9. The summed E-state index contributed by atoms with van der Waals surface area (Å²) in [4.78, 5) is 21.8. The fourth-order valence-corrected chi connectivity index (χ4v) is 3.76. The number of aryl methyl sites for hydroxylation is 2. The summed E-state index contributed by atoms with van der Waals surface area (Å²) in [5.74, 6) is 0.736. The SMILES string of the molecule is Cc1sc2nc(CCBr)[nH]c(=O)c2c1-c1ccccc1. The zero-order valence-corrected chi connectivity index (χ0v) is 13.3. The number of aromatic nitrogens is 2. The van der Waals surface area contributed by atoms with Crippen molar-refractivity contribution in [3.8, 4) is 11.1 Å². The number of fused-ring (bicyclic) bond motifs is 1. The van der Waals surface area contributed by atoms with Crippen molar-refractivity contribution < 1.29 is 0 Å². The second-order valence-electron chi connectivity index (χ2n) is 4.53. The van der Waals surface area contributed by atoms with Crippen molar-refractivity contribution in [2.75, 3.05) is 5.33 Å². The molecule has 3 rings (SSSR count). The largest absolute Gasteiger partial charge is 0.310 e. The van der Waals surface area contributed by atoms with Crippen molar-refractivity contribution in [3.63, 3.8) is 0 Å². The van der Waals surface area contributed by atoms with Gasteiger partial charge in [-0.3, -0.25) is 4.79 Å². The fraction of sp³-hybridized carbons (Fsp3) is 0.200. The molecule has 20 heavy (non-hydrogen) atoms. The molecule has 2 heterocycles. The summed E-state index contributed by atoms with van der Waals surface area (Å²) in [6, 6.07) is 10.0. The first kappa shape index (κ1) is 13.5. The minimum atomic E-state index is -0.0471. The Labute approximate surface area is 128 Å². The molecule has 3 aromatic rings. The molecule has 0 saturated carbocycles. The number of thiophene rings is 1. The van der Waals surface area contributed by atoms with Crippen LogP contribution in [0.3, 0.4) is 0 Å². The summed E-state index contributed by atoms with van der Waals surface area (Å²) in [6.07, 6.45) is 0.725. The van der Waals surface area contributed by atoms with Crippen LogP contribution in [-0.2, 0) is 6.42 Å². The fourth-order valence-electron chi connectivity index (χ4n) is 2.32. The van der Waals surface area contributed by atoms with E-state index in [9.17, 15) is 4.79 Å². The standard InChI is InChI=1S/C15H13BrN2OS/c1-9-12(10-5-3-2-4-6-10)13-14(19)17-11(7-8-16)18-15(13)20-9/h2-6H,7-8H2,1H3,(H,17,18,19). The van der Waals surface area contributed by atoms with Crippen LogP contribution in [0.5, 0.6) is 0 Å². The van der Waals surface area contributed by atoms with Gasteiger partial charge in [0.05, 0.1) is 5.39 Å². The molecule has 0 radical (unpaired) electrons. The second kappa shape index (κ2) is 5.50. The number of hydrogen-bond acceptors (Lipinski definition) is 3. The smallest absolute Gasteiger partial charge is 0.260 e. The number of alkyl halides is 1. The van der Waals surface area contributed by atoms with Crippen LogP contribution in [0.2, 0.25) is 0 Å². The number of rotatable bonds is 3. The number of benzene rings is 1. The molecule has 0 amide bonds. The monoisotopic (exact) mass is 348 g/mol. The Hall–Kier alpha value is -1.46. The second-order valence-corrected chi connectivity index (χ2v) is 6.53. The third-order valence-electron chi connectivity index (χ3n) is 3.18. The van der Waals surface area contributed by atoms with Gasteiger partial charge < -0.3 is 4.98 Å². The summed E-state index contributed by atoms with van der Waals surface area (Å²) in [5, 5.41) is 1.49. The maximum Gasteiger partial charge on any atom is 0.260 e. The van der Waals surface area contributed by atoms with E-state index in [0.717, 1.165) is 38.4 Å². The molecule has 1 aromatic carbocycles. The van der Waals surface area contributed by atoms with Crippen LogP contribution in [0.1, 0.15) is 10.7 Å². The van der Waals surface area contributed by atoms with E-state index in [-0.39, 0.29) is 5.56 Å². The minimum Gasteiger partial charge on any atom is -0.310 e. The predicted molar refractivity (Wildman–Crippen MR) is 87.9 cm³/mol. The molecule has 2 aromatic heterocycles. The first-order valence-electron chi connectivity index (χ1n) is 6.34. The quantitative estimate of drug-likeness (QED) is 0.729. The van der Waals surface area contributed by atoms with E-state index >= 15 is 0 Å². The van der Waals surface area contributed by atoms with E-state index in [1.807, 2.05) is 37.3 Å². The summed E-state index contributed by atoms with van der Waals surface area (Å²) < 4.78 is 0. The summed E-state index contributed by atoms with van der Waals surface area (Å²) in [5.41, 5.74) is 2.02. The lowest BCUT2D eigenvalue weighted by molar-refractivity contribution is 0.960. The summed E-state index contributed by atoms with van der Waals surface area (Å²) >= 11 is 4.95. The van der Waals surface area contributed by atoms with Crippen molar-refractivity contribution in [2.24, 2.45) is 0 Å². The Morgan fingerprint density at radius 3 is 2.75 bits per heavy atom. The first-order chi connectivity index (χ1) is 9.70. The Morgan fingerprint density at radius 1 is 1.30 bits per heavy atom. The number of halogens is 1. The van der Waals surface area contributed by atoms with Gasteiger partial charge in [0.15, 0.2) is 0 Å². The third kappa shape index (κ3) is 2.31. The lowest BCUT2D eigenvalue weighted by Crippen LogP contribution is -2.11. The lowest BCUT2D eigenvalue weighted by atomic mass is 10.0. The molecule has 0 fully saturated rings. The molecule has 0 aliphatic heterocycles. The zero-order chi connectivity index (χ0) is 14.1. The predicted octanol–water partition coefficient (Wildman–Crippen LogP) is 3.90. The molecule has 0 aliphatic rings. The van der Waals surface area contributed by atoms with Gasteiger partial charge in [0.2, 0.25) is 0 Å². The van der Waals surface area contributed by atoms with Gasteiger partial charge in [-0.05, 0) is 12.5 Å². The van der Waals surface area contributed by atoms with Crippen LogP contribution < -0.4 is 5.56 Å². The van der Waals surface area contributed by atoms with E-state index in [4.69, 9.17) is 0 Å². The molecule has 0 aliphatic carbocycles. The first-order valence-corrected chi connectivity index (χ1v) is 8.28. The number of nitrogens with zero attached hydrogens (tertiary/aromatic N) is 1. The molecule has 0 spiro atoms. The number of nitrogens with one attached hydrogen (secondary N) is 1. The van der Waals surface area contributed by atoms with Gasteiger partial charge in [0.1, 0.15) is 10.7 Å². The average molecular weight is 349 g/mol. The Morgan fingerprint density at radius 2 is 2.05 bits per heavy atom. The van der Waals surface area contributed by atoms with Gasteiger partial charge in [-0.1, -0.05) is 46.3 Å². The van der Waals surface area contributed by atoms with Gasteiger partial charge in [-0.15, -0.1) is 11.3 Å². The van der Waals surface area contributed by atoms with Gasteiger partial charge in [0.25, 0.3) is 5.56 Å². The van der Waals surface area contributed by atoms with E-state index in [1.54, 1.807) is 11.3 Å². The van der Waals surface area contributed by atoms with E-state index in [0.29, 0.717) is 5.39 Å². The van der Waals surface area contributed by atoms with Crippen molar-refractivity contribution in [2.45, 2.75) is 13.3 Å². The number of H-pyrrole nitrogens is 1. The summed E-state index contributed by atoms with van der Waals surface area (Å²) in [6.45, 7) is 2.04. The number of aromatic amines is 1. The van der Waals surface area contributed by atoms with E-state index in [1.165, 1.54) is 0 Å². The lowest BCUT2D eigenvalue weighted by Gasteiger charge is -2.02. The van der Waals surface area contributed by atoms with Crippen LogP contribution in [0, 0.1) is 6.92 Å². The highest BCUT2D eigenvalue weighted by Gasteiger charge is 2.16. The van der Waals surface area contributed by atoms with Gasteiger partial charge in [-0.25, -0.2) is 4.98 Å². The zero-order valence-electron chi connectivity index (χ0n) is 10.9.